The number of hydrogen-bond acceptors (Lipinski definition) is 3. The van der Waals surface area contributed by atoms with Crippen LogP contribution in [0, 0.1) is 0 Å². The van der Waals surface area contributed by atoms with Crippen LogP contribution in [0.4, 0.5) is 0 Å². The van der Waals surface area contributed by atoms with Crippen molar-refractivity contribution in [3.8, 4) is 0 Å². The van der Waals surface area contributed by atoms with Gasteiger partial charge in [0, 0.05) is 6.54 Å². The Morgan fingerprint density at radius 2 is 2.06 bits per heavy atom. The number of benzene rings is 1. The Kier molecular flexibility index (Phi) is 3.88. The van der Waals surface area contributed by atoms with E-state index >= 15 is 0 Å². The highest BCUT2D eigenvalue weighted by Gasteiger charge is 2.09. The minimum atomic E-state index is 0.221. The molecule has 0 aliphatic rings. The molecule has 0 saturated carbocycles. The van der Waals surface area contributed by atoms with Gasteiger partial charge >= 0.3 is 0 Å². The highest BCUT2D eigenvalue weighted by Crippen LogP contribution is 2.15. The smallest absolute Gasteiger partial charge is 0.0965 e. The molecule has 0 bridgehead atoms. The van der Waals surface area contributed by atoms with Crippen molar-refractivity contribution >= 4 is 0 Å². The van der Waals surface area contributed by atoms with Crippen LogP contribution in [0.1, 0.15) is 31.1 Å². The molecule has 1 atom stereocenters. The summed E-state index contributed by atoms with van der Waals surface area (Å²) in [5.41, 5.74) is 2.22. The van der Waals surface area contributed by atoms with E-state index in [2.05, 4.69) is 41.6 Å². The third-order valence-electron chi connectivity index (χ3n) is 2.79. The van der Waals surface area contributed by atoms with Gasteiger partial charge in [0.2, 0.25) is 0 Å². The zero-order valence-corrected chi connectivity index (χ0v) is 10.3. The van der Waals surface area contributed by atoms with Crippen LogP contribution in [0.25, 0.3) is 0 Å². The molecule has 0 aliphatic heterocycles. The summed E-state index contributed by atoms with van der Waals surface area (Å²) < 4.78 is 1.90. The predicted molar refractivity (Wildman–Crippen MR) is 67.7 cm³/mol. The van der Waals surface area contributed by atoms with Crippen molar-refractivity contribution in [3.05, 3.63) is 47.8 Å². The summed E-state index contributed by atoms with van der Waals surface area (Å²) in [5.74, 6) is 0. The van der Waals surface area contributed by atoms with Crippen LogP contribution in [0.15, 0.2) is 36.5 Å². The Labute approximate surface area is 102 Å². The SMILES string of the molecule is CCNCc1cn(C(C)c2ccccc2)nn1. The lowest BCUT2D eigenvalue weighted by Gasteiger charge is -2.10. The van der Waals surface area contributed by atoms with Crippen molar-refractivity contribution in [1.29, 1.82) is 0 Å². The number of rotatable bonds is 5. The Morgan fingerprint density at radius 1 is 1.29 bits per heavy atom. The van der Waals surface area contributed by atoms with Crippen molar-refractivity contribution in [2.75, 3.05) is 6.54 Å². The minimum Gasteiger partial charge on any atom is -0.311 e. The molecule has 1 aromatic heterocycles. The third-order valence-corrected chi connectivity index (χ3v) is 2.79. The van der Waals surface area contributed by atoms with Crippen LogP contribution < -0.4 is 5.32 Å². The average Bonchev–Trinajstić information content (AvgIpc) is 2.85. The lowest BCUT2D eigenvalue weighted by molar-refractivity contribution is 0.543. The molecule has 0 amide bonds. The summed E-state index contributed by atoms with van der Waals surface area (Å²) in [6, 6.07) is 10.5. The van der Waals surface area contributed by atoms with Crippen LogP contribution >= 0.6 is 0 Å². The molecular formula is C13H18N4. The molecule has 2 rings (SSSR count). The molecule has 17 heavy (non-hydrogen) atoms. The molecule has 4 heteroatoms. The van der Waals surface area contributed by atoms with Gasteiger partial charge in [-0.05, 0) is 19.0 Å². The van der Waals surface area contributed by atoms with E-state index in [-0.39, 0.29) is 6.04 Å². The largest absolute Gasteiger partial charge is 0.311 e. The molecule has 0 radical (unpaired) electrons. The monoisotopic (exact) mass is 230 g/mol. The highest BCUT2D eigenvalue weighted by atomic mass is 15.4. The second-order valence-corrected chi connectivity index (χ2v) is 4.06. The van der Waals surface area contributed by atoms with Crippen molar-refractivity contribution in [2.45, 2.75) is 26.4 Å². The van der Waals surface area contributed by atoms with Gasteiger partial charge in [-0.15, -0.1) is 5.10 Å². The van der Waals surface area contributed by atoms with E-state index in [1.165, 1.54) is 5.56 Å². The normalized spacial score (nSPS) is 12.6. The lowest BCUT2D eigenvalue weighted by atomic mass is 10.1. The number of nitrogens with zero attached hydrogens (tertiary/aromatic N) is 3. The molecule has 0 spiro atoms. The second-order valence-electron chi connectivity index (χ2n) is 4.06. The summed E-state index contributed by atoms with van der Waals surface area (Å²) in [5, 5.41) is 11.6. The summed E-state index contributed by atoms with van der Waals surface area (Å²) in [6.45, 7) is 5.93. The summed E-state index contributed by atoms with van der Waals surface area (Å²) in [7, 11) is 0. The zero-order valence-electron chi connectivity index (χ0n) is 10.3. The molecule has 1 aromatic carbocycles. The fourth-order valence-electron chi connectivity index (χ4n) is 1.72. The molecule has 1 unspecified atom stereocenters. The first-order valence-corrected chi connectivity index (χ1v) is 5.97. The maximum atomic E-state index is 4.17. The van der Waals surface area contributed by atoms with Gasteiger partial charge in [0.15, 0.2) is 0 Å². The highest BCUT2D eigenvalue weighted by molar-refractivity contribution is 5.18. The molecular weight excluding hydrogens is 212 g/mol. The van der Waals surface area contributed by atoms with Gasteiger partial charge in [-0.3, -0.25) is 0 Å². The van der Waals surface area contributed by atoms with Gasteiger partial charge in [0.05, 0.1) is 17.9 Å². The topological polar surface area (TPSA) is 42.7 Å². The van der Waals surface area contributed by atoms with Gasteiger partial charge < -0.3 is 5.32 Å². The predicted octanol–water partition coefficient (Wildman–Crippen LogP) is 2.00. The second kappa shape index (κ2) is 5.59. The first kappa shape index (κ1) is 11.8. The van der Waals surface area contributed by atoms with E-state index in [1.807, 2.05) is 29.1 Å². The summed E-state index contributed by atoms with van der Waals surface area (Å²) >= 11 is 0. The third kappa shape index (κ3) is 2.91. The van der Waals surface area contributed by atoms with Crippen molar-refractivity contribution in [1.82, 2.24) is 20.3 Å². The van der Waals surface area contributed by atoms with E-state index in [0.29, 0.717) is 0 Å². The molecule has 0 aliphatic carbocycles. The first-order valence-electron chi connectivity index (χ1n) is 5.97. The van der Waals surface area contributed by atoms with Gasteiger partial charge in [-0.1, -0.05) is 42.5 Å². The van der Waals surface area contributed by atoms with Crippen LogP contribution in [0.2, 0.25) is 0 Å². The molecule has 2 aromatic rings. The van der Waals surface area contributed by atoms with E-state index in [4.69, 9.17) is 0 Å². The zero-order chi connectivity index (χ0) is 12.1. The lowest BCUT2D eigenvalue weighted by Crippen LogP contribution is -2.12. The molecule has 1 N–H and O–H groups in total. The molecule has 4 nitrogen and oxygen atoms in total. The van der Waals surface area contributed by atoms with Gasteiger partial charge in [-0.25, -0.2) is 4.68 Å². The maximum Gasteiger partial charge on any atom is 0.0965 e. The van der Waals surface area contributed by atoms with Crippen LogP contribution in [-0.4, -0.2) is 21.5 Å². The van der Waals surface area contributed by atoms with Crippen molar-refractivity contribution < 1.29 is 0 Å². The van der Waals surface area contributed by atoms with E-state index < -0.39 is 0 Å². The quantitative estimate of drug-likeness (QED) is 0.854. The Balaban J connectivity index is 2.09. The van der Waals surface area contributed by atoms with Crippen molar-refractivity contribution in [2.24, 2.45) is 0 Å². The Morgan fingerprint density at radius 3 is 2.76 bits per heavy atom. The molecule has 0 fully saturated rings. The van der Waals surface area contributed by atoms with E-state index in [0.717, 1.165) is 18.8 Å². The Hall–Kier alpha value is -1.68. The van der Waals surface area contributed by atoms with Crippen LogP contribution in [-0.2, 0) is 6.54 Å². The van der Waals surface area contributed by atoms with E-state index in [1.54, 1.807) is 0 Å². The van der Waals surface area contributed by atoms with Crippen LogP contribution in [0.3, 0.4) is 0 Å². The Bertz CT molecular complexity index is 449. The van der Waals surface area contributed by atoms with Gasteiger partial charge in [0.1, 0.15) is 0 Å². The van der Waals surface area contributed by atoms with Gasteiger partial charge in [-0.2, -0.15) is 0 Å². The standard InChI is InChI=1S/C13H18N4/c1-3-14-9-13-10-17(16-15-13)11(2)12-7-5-4-6-8-12/h4-8,10-11,14H,3,9H2,1-2H3. The number of nitrogens with one attached hydrogen (secondary N) is 1. The van der Waals surface area contributed by atoms with Crippen molar-refractivity contribution in [3.63, 3.8) is 0 Å². The van der Waals surface area contributed by atoms with Gasteiger partial charge in [0.25, 0.3) is 0 Å². The molecule has 0 saturated heterocycles. The number of aromatic nitrogens is 3. The fourth-order valence-corrected chi connectivity index (χ4v) is 1.72. The first-order chi connectivity index (χ1) is 8.31. The minimum absolute atomic E-state index is 0.221. The summed E-state index contributed by atoms with van der Waals surface area (Å²) in [4.78, 5) is 0. The van der Waals surface area contributed by atoms with E-state index in [9.17, 15) is 0 Å². The summed E-state index contributed by atoms with van der Waals surface area (Å²) in [6.07, 6.45) is 2.00. The fraction of sp³-hybridized carbons (Fsp3) is 0.385. The van der Waals surface area contributed by atoms with Crippen LogP contribution in [0.5, 0.6) is 0 Å². The maximum absolute atomic E-state index is 4.17. The number of hydrogen-bond donors (Lipinski definition) is 1. The molecule has 90 valence electrons. The average molecular weight is 230 g/mol. The molecule has 1 heterocycles.